The SMILES string of the molecule is C=CC(=O)Nc1ccc(F)c(Nc2nc(N/C(C=NCC(C)(C)O)=C/N)ncc2Cl)c1. The van der Waals surface area contributed by atoms with Crippen molar-refractivity contribution < 1.29 is 14.3 Å². The van der Waals surface area contributed by atoms with Crippen molar-refractivity contribution in [2.75, 3.05) is 22.5 Å². The van der Waals surface area contributed by atoms with Crippen molar-refractivity contribution in [1.82, 2.24) is 9.97 Å². The highest BCUT2D eigenvalue weighted by molar-refractivity contribution is 6.32. The average molecular weight is 448 g/mol. The van der Waals surface area contributed by atoms with Gasteiger partial charge < -0.3 is 26.8 Å². The maximum atomic E-state index is 14.2. The van der Waals surface area contributed by atoms with Crippen LogP contribution in [0, 0.1) is 5.82 Å². The fourth-order valence-corrected chi connectivity index (χ4v) is 2.29. The molecule has 0 saturated heterocycles. The molecule has 0 atom stereocenters. The first-order valence-corrected chi connectivity index (χ1v) is 9.42. The van der Waals surface area contributed by atoms with E-state index in [0.717, 1.165) is 6.08 Å². The van der Waals surface area contributed by atoms with E-state index in [1.165, 1.54) is 36.8 Å². The Balaban J connectivity index is 2.21. The van der Waals surface area contributed by atoms with Crippen LogP contribution in [0.5, 0.6) is 0 Å². The van der Waals surface area contributed by atoms with Crippen LogP contribution in [0.25, 0.3) is 0 Å². The van der Waals surface area contributed by atoms with E-state index in [2.05, 4.69) is 37.5 Å². The average Bonchev–Trinajstić information content (AvgIpc) is 2.71. The molecule has 0 radical (unpaired) electrons. The van der Waals surface area contributed by atoms with E-state index in [-0.39, 0.29) is 29.0 Å². The minimum absolute atomic E-state index is 0.0368. The van der Waals surface area contributed by atoms with Crippen molar-refractivity contribution in [1.29, 1.82) is 0 Å². The first kappa shape index (κ1) is 23.8. The van der Waals surface area contributed by atoms with Gasteiger partial charge in [0.2, 0.25) is 11.9 Å². The third-order valence-electron chi connectivity index (χ3n) is 3.56. The van der Waals surface area contributed by atoms with Crippen molar-refractivity contribution in [2.24, 2.45) is 10.7 Å². The van der Waals surface area contributed by atoms with Gasteiger partial charge >= 0.3 is 0 Å². The number of nitrogens with zero attached hydrogens (tertiary/aromatic N) is 3. The Bertz CT molecular complexity index is 1020. The van der Waals surface area contributed by atoms with Crippen molar-refractivity contribution in [3.05, 3.63) is 59.8 Å². The van der Waals surface area contributed by atoms with Crippen molar-refractivity contribution in [3.8, 4) is 0 Å². The fourth-order valence-electron chi connectivity index (χ4n) is 2.15. The molecule has 2 aromatic rings. The van der Waals surface area contributed by atoms with Crippen molar-refractivity contribution >= 4 is 46.9 Å². The minimum atomic E-state index is -0.964. The number of amides is 1. The van der Waals surface area contributed by atoms with E-state index >= 15 is 0 Å². The topological polar surface area (TPSA) is 138 Å². The monoisotopic (exact) mass is 447 g/mol. The summed E-state index contributed by atoms with van der Waals surface area (Å²) in [5, 5.41) is 18.0. The van der Waals surface area contributed by atoms with E-state index in [4.69, 9.17) is 17.3 Å². The highest BCUT2D eigenvalue weighted by Gasteiger charge is 2.12. The summed E-state index contributed by atoms with van der Waals surface area (Å²) in [5.74, 6) is -0.775. The number of aliphatic hydroxyl groups is 1. The van der Waals surface area contributed by atoms with Gasteiger partial charge in [-0.1, -0.05) is 18.2 Å². The lowest BCUT2D eigenvalue weighted by molar-refractivity contribution is -0.111. The number of nitrogens with two attached hydrogens (primary N) is 1. The van der Waals surface area contributed by atoms with Gasteiger partial charge in [-0.2, -0.15) is 4.98 Å². The number of allylic oxidation sites excluding steroid dienone is 1. The molecule has 164 valence electrons. The molecule has 11 heteroatoms. The lowest BCUT2D eigenvalue weighted by atomic mass is 10.1. The molecule has 0 bridgehead atoms. The van der Waals surface area contributed by atoms with Crippen LogP contribution in [0.3, 0.4) is 0 Å². The zero-order valence-electron chi connectivity index (χ0n) is 17.0. The number of benzene rings is 1. The third-order valence-corrected chi connectivity index (χ3v) is 3.84. The molecule has 0 aliphatic carbocycles. The molecule has 1 aromatic heterocycles. The Labute approximate surface area is 184 Å². The molecule has 1 amide bonds. The van der Waals surface area contributed by atoms with E-state index < -0.39 is 17.3 Å². The highest BCUT2D eigenvalue weighted by Crippen LogP contribution is 2.27. The first-order chi connectivity index (χ1) is 14.6. The molecule has 31 heavy (non-hydrogen) atoms. The number of aromatic nitrogens is 2. The summed E-state index contributed by atoms with van der Waals surface area (Å²) in [7, 11) is 0. The Morgan fingerprint density at radius 1 is 1.42 bits per heavy atom. The van der Waals surface area contributed by atoms with Gasteiger partial charge in [-0.3, -0.25) is 9.79 Å². The molecule has 1 heterocycles. The number of anilines is 4. The van der Waals surface area contributed by atoms with E-state index in [1.54, 1.807) is 13.8 Å². The number of hydrogen-bond acceptors (Lipinski definition) is 8. The van der Waals surface area contributed by atoms with Gasteiger partial charge in [0, 0.05) is 18.1 Å². The van der Waals surface area contributed by atoms with Crippen molar-refractivity contribution in [3.63, 3.8) is 0 Å². The van der Waals surface area contributed by atoms with Crippen LogP contribution in [0.4, 0.5) is 27.5 Å². The molecule has 0 aliphatic heterocycles. The Morgan fingerprint density at radius 2 is 2.16 bits per heavy atom. The second kappa shape index (κ2) is 10.5. The summed E-state index contributed by atoms with van der Waals surface area (Å²) in [4.78, 5) is 23.8. The molecule has 6 N–H and O–H groups in total. The molecular formula is C20H23ClFN7O2. The fraction of sp³-hybridized carbons (Fsp3) is 0.200. The number of carbonyl (C=O) groups is 1. The Kier molecular flexibility index (Phi) is 8.06. The molecule has 2 rings (SSSR count). The van der Waals surface area contributed by atoms with Gasteiger partial charge in [-0.15, -0.1) is 0 Å². The van der Waals surface area contributed by atoms with Crippen LogP contribution >= 0.6 is 11.6 Å². The summed E-state index contributed by atoms with van der Waals surface area (Å²) in [6, 6.07) is 3.97. The molecule has 9 nitrogen and oxygen atoms in total. The quantitative estimate of drug-likeness (QED) is 0.294. The third kappa shape index (κ3) is 7.68. The van der Waals surface area contributed by atoms with Crippen LogP contribution in [0.1, 0.15) is 13.8 Å². The Hall–Kier alpha value is -3.50. The van der Waals surface area contributed by atoms with Crippen LogP contribution in [-0.2, 0) is 4.79 Å². The van der Waals surface area contributed by atoms with E-state index in [9.17, 15) is 14.3 Å². The van der Waals surface area contributed by atoms with Crippen molar-refractivity contribution in [2.45, 2.75) is 19.4 Å². The molecule has 0 fully saturated rings. The maximum absolute atomic E-state index is 14.2. The predicted molar refractivity (Wildman–Crippen MR) is 121 cm³/mol. The summed E-state index contributed by atoms with van der Waals surface area (Å²) >= 11 is 6.14. The van der Waals surface area contributed by atoms with Gasteiger partial charge in [-0.25, -0.2) is 9.37 Å². The smallest absolute Gasteiger partial charge is 0.247 e. The lowest BCUT2D eigenvalue weighted by Crippen LogP contribution is -2.23. The summed E-state index contributed by atoms with van der Waals surface area (Å²) < 4.78 is 14.2. The highest BCUT2D eigenvalue weighted by atomic mass is 35.5. The molecule has 1 aromatic carbocycles. The van der Waals surface area contributed by atoms with Crippen LogP contribution in [0.15, 0.2) is 53.9 Å². The maximum Gasteiger partial charge on any atom is 0.247 e. The second-order valence-electron chi connectivity index (χ2n) is 6.93. The number of halogens is 2. The van der Waals surface area contributed by atoms with Gasteiger partial charge in [0.15, 0.2) is 5.82 Å². The molecule has 0 aliphatic rings. The number of hydrogen-bond donors (Lipinski definition) is 5. The van der Waals surface area contributed by atoms with Crippen LogP contribution in [0.2, 0.25) is 5.02 Å². The summed E-state index contributed by atoms with van der Waals surface area (Å²) in [6.45, 7) is 6.79. The minimum Gasteiger partial charge on any atom is -0.403 e. The van der Waals surface area contributed by atoms with Gasteiger partial charge in [0.25, 0.3) is 0 Å². The number of carbonyl (C=O) groups excluding carboxylic acids is 1. The number of aliphatic imine (C=N–C) groups is 1. The predicted octanol–water partition coefficient (Wildman–Crippen LogP) is 3.19. The molecule has 0 unspecified atom stereocenters. The standard InChI is InChI=1S/C20H23ClFN7O2/c1-4-17(30)26-12-5-6-15(22)16(7-12)28-18-14(21)10-25-19(29-18)27-13(8-23)9-24-11-20(2,3)31/h4-10,31H,1,11,23H2,2-3H3,(H,26,30)(H2,25,27,28,29)/b13-8+,24-9?. The first-order valence-electron chi connectivity index (χ1n) is 9.05. The lowest BCUT2D eigenvalue weighted by Gasteiger charge is -2.13. The number of nitrogens with one attached hydrogen (secondary N) is 3. The van der Waals surface area contributed by atoms with Gasteiger partial charge in [0.05, 0.1) is 29.7 Å². The van der Waals surface area contributed by atoms with E-state index in [0.29, 0.717) is 11.4 Å². The second-order valence-corrected chi connectivity index (χ2v) is 7.34. The summed E-state index contributed by atoms with van der Waals surface area (Å²) in [5.41, 5.74) is 5.38. The molecule has 0 spiro atoms. The normalized spacial score (nSPS) is 12.0. The Morgan fingerprint density at radius 3 is 2.81 bits per heavy atom. The van der Waals surface area contributed by atoms with E-state index in [1.807, 2.05) is 0 Å². The zero-order valence-corrected chi connectivity index (χ0v) is 17.7. The summed E-state index contributed by atoms with van der Waals surface area (Å²) in [6.07, 6.45) is 5.10. The van der Waals surface area contributed by atoms with Gasteiger partial charge in [0.1, 0.15) is 10.8 Å². The van der Waals surface area contributed by atoms with Gasteiger partial charge in [-0.05, 0) is 38.1 Å². The molecule has 0 saturated carbocycles. The van der Waals surface area contributed by atoms with Crippen LogP contribution < -0.4 is 21.7 Å². The molecular weight excluding hydrogens is 425 g/mol. The largest absolute Gasteiger partial charge is 0.403 e. The number of rotatable bonds is 9. The van der Waals surface area contributed by atoms with Crippen LogP contribution in [-0.4, -0.2) is 39.3 Å². The zero-order chi connectivity index (χ0) is 23.0.